The van der Waals surface area contributed by atoms with Gasteiger partial charge in [-0.15, -0.1) is 5.92 Å². The van der Waals surface area contributed by atoms with Crippen LogP contribution in [0, 0.1) is 6.42 Å². The summed E-state index contributed by atoms with van der Waals surface area (Å²) in [7, 11) is 0. The Morgan fingerprint density at radius 3 is 1.76 bits per heavy atom. The SMILES string of the molecule is [Ru+].c1ccc(-c2ccccn2)nc1.c1ccc(C2[CH-]CCCC2)nc1. The van der Waals surface area contributed by atoms with E-state index in [-0.39, 0.29) is 19.5 Å². The molecule has 129 valence electrons. The monoisotopic (exact) mass is 418 g/mol. The van der Waals surface area contributed by atoms with Crippen LogP contribution in [0.25, 0.3) is 11.4 Å². The largest absolute Gasteiger partial charge is 1.00 e. The number of pyridine rings is 3. The summed E-state index contributed by atoms with van der Waals surface area (Å²) >= 11 is 0. The van der Waals surface area contributed by atoms with Gasteiger partial charge in [0.1, 0.15) is 0 Å². The average Bonchev–Trinajstić information content (AvgIpc) is 2.71. The van der Waals surface area contributed by atoms with Crippen molar-refractivity contribution in [3.8, 4) is 11.4 Å². The second-order valence-corrected chi connectivity index (χ2v) is 5.81. The fourth-order valence-corrected chi connectivity index (χ4v) is 2.84. The molecule has 0 amide bonds. The Labute approximate surface area is 162 Å². The van der Waals surface area contributed by atoms with Gasteiger partial charge in [0.05, 0.1) is 11.4 Å². The van der Waals surface area contributed by atoms with Gasteiger partial charge in [-0.25, -0.2) is 0 Å². The van der Waals surface area contributed by atoms with Gasteiger partial charge >= 0.3 is 19.5 Å². The predicted octanol–water partition coefficient (Wildman–Crippen LogP) is 5.08. The molecule has 0 saturated heterocycles. The summed E-state index contributed by atoms with van der Waals surface area (Å²) in [6, 6.07) is 17.8. The molecule has 0 aromatic carbocycles. The summed E-state index contributed by atoms with van der Waals surface area (Å²) in [5.74, 6) is 0.625. The molecule has 0 bridgehead atoms. The molecule has 1 saturated carbocycles. The maximum absolute atomic E-state index is 4.37. The van der Waals surface area contributed by atoms with Crippen molar-refractivity contribution >= 4 is 0 Å². The molecule has 0 N–H and O–H groups in total. The van der Waals surface area contributed by atoms with Crippen molar-refractivity contribution in [1.29, 1.82) is 0 Å². The summed E-state index contributed by atoms with van der Waals surface area (Å²) in [5.41, 5.74) is 3.08. The molecule has 1 aliphatic carbocycles. The number of hydrogen-bond acceptors (Lipinski definition) is 3. The van der Waals surface area contributed by atoms with Gasteiger partial charge in [0, 0.05) is 24.3 Å². The minimum atomic E-state index is 0. The third-order valence-electron chi connectivity index (χ3n) is 4.08. The molecule has 1 aliphatic rings. The topological polar surface area (TPSA) is 38.7 Å². The van der Waals surface area contributed by atoms with Crippen molar-refractivity contribution in [2.45, 2.75) is 31.6 Å². The van der Waals surface area contributed by atoms with E-state index in [4.69, 9.17) is 0 Å². The summed E-state index contributed by atoms with van der Waals surface area (Å²) in [4.78, 5) is 12.7. The van der Waals surface area contributed by atoms with E-state index >= 15 is 0 Å². The summed E-state index contributed by atoms with van der Waals surface area (Å²) < 4.78 is 0. The molecule has 1 atom stereocenters. The van der Waals surface area contributed by atoms with Crippen LogP contribution in [0.4, 0.5) is 0 Å². The molecule has 0 spiro atoms. The molecular formula is C21H22N3Ru. The van der Waals surface area contributed by atoms with Crippen LogP contribution in [-0.2, 0) is 19.5 Å². The van der Waals surface area contributed by atoms with Crippen molar-refractivity contribution in [1.82, 2.24) is 15.0 Å². The summed E-state index contributed by atoms with van der Waals surface area (Å²) in [5, 5.41) is 0. The fraction of sp³-hybridized carbons (Fsp3) is 0.238. The van der Waals surface area contributed by atoms with Gasteiger partial charge in [0.25, 0.3) is 0 Å². The van der Waals surface area contributed by atoms with Gasteiger partial charge in [-0.2, -0.15) is 6.42 Å². The van der Waals surface area contributed by atoms with Crippen LogP contribution in [-0.4, -0.2) is 15.0 Å². The molecular weight excluding hydrogens is 395 g/mol. The van der Waals surface area contributed by atoms with Crippen LogP contribution >= 0.6 is 0 Å². The Morgan fingerprint density at radius 1 is 0.720 bits per heavy atom. The van der Waals surface area contributed by atoms with E-state index < -0.39 is 0 Å². The van der Waals surface area contributed by atoms with Crippen molar-refractivity contribution < 1.29 is 19.5 Å². The van der Waals surface area contributed by atoms with Crippen LogP contribution < -0.4 is 0 Å². The molecule has 4 heteroatoms. The van der Waals surface area contributed by atoms with Crippen LogP contribution in [0.2, 0.25) is 0 Å². The molecule has 1 fully saturated rings. The van der Waals surface area contributed by atoms with Gasteiger partial charge in [0.15, 0.2) is 0 Å². The number of aromatic nitrogens is 3. The van der Waals surface area contributed by atoms with Gasteiger partial charge in [-0.3, -0.25) is 15.0 Å². The van der Waals surface area contributed by atoms with Crippen molar-refractivity contribution in [2.24, 2.45) is 0 Å². The second-order valence-electron chi connectivity index (χ2n) is 5.81. The van der Waals surface area contributed by atoms with E-state index in [1.54, 1.807) is 12.4 Å². The Balaban J connectivity index is 0.000000173. The van der Waals surface area contributed by atoms with Crippen molar-refractivity contribution in [3.05, 3.63) is 85.3 Å². The van der Waals surface area contributed by atoms with Crippen molar-refractivity contribution in [2.75, 3.05) is 0 Å². The molecule has 4 rings (SSSR count). The zero-order chi connectivity index (χ0) is 16.5. The minimum Gasteiger partial charge on any atom is -0.320 e. The molecule has 1 radical (unpaired) electrons. The molecule has 0 aliphatic heterocycles. The van der Waals surface area contributed by atoms with E-state index in [0.717, 1.165) is 11.4 Å². The molecule has 3 aromatic heterocycles. The third kappa shape index (κ3) is 6.14. The van der Waals surface area contributed by atoms with Crippen LogP contribution in [0.3, 0.4) is 0 Å². The standard InChI is InChI=1S/C11H14N.C10H8N2.Ru/c1-2-6-10(7-3-1)11-8-4-5-9-12-11;1-3-7-11-9(5-1)10-6-2-4-8-12-10;/h4-6,8-10H,1-3,7H2;1-8H;/q-1;;+1. The average molecular weight is 417 g/mol. The molecule has 1 unspecified atom stereocenters. The van der Waals surface area contributed by atoms with Crippen LogP contribution in [0.5, 0.6) is 0 Å². The number of nitrogens with zero attached hydrogens (tertiary/aromatic N) is 3. The van der Waals surface area contributed by atoms with E-state index in [2.05, 4.69) is 33.5 Å². The summed E-state index contributed by atoms with van der Waals surface area (Å²) in [6.45, 7) is 0. The van der Waals surface area contributed by atoms with Gasteiger partial charge in [-0.1, -0.05) is 37.5 Å². The number of rotatable bonds is 2. The smallest absolute Gasteiger partial charge is 0.320 e. The van der Waals surface area contributed by atoms with Crippen LogP contribution in [0.1, 0.15) is 37.3 Å². The van der Waals surface area contributed by atoms with Crippen molar-refractivity contribution in [3.63, 3.8) is 0 Å². The first-order chi connectivity index (χ1) is 11.9. The quantitative estimate of drug-likeness (QED) is 0.431. The number of hydrogen-bond donors (Lipinski definition) is 0. The van der Waals surface area contributed by atoms with Gasteiger partial charge in [0.2, 0.25) is 0 Å². The first kappa shape index (κ1) is 19.4. The molecule has 3 aromatic rings. The summed E-state index contributed by atoms with van der Waals surface area (Å²) in [6.07, 6.45) is 13.1. The van der Waals surface area contributed by atoms with E-state index in [1.165, 1.54) is 31.4 Å². The van der Waals surface area contributed by atoms with Gasteiger partial charge < -0.3 is 6.42 Å². The van der Waals surface area contributed by atoms with Gasteiger partial charge in [-0.05, 0) is 36.4 Å². The molecule has 25 heavy (non-hydrogen) atoms. The maximum atomic E-state index is 4.37. The molecule has 3 nitrogen and oxygen atoms in total. The molecule has 3 heterocycles. The Hall–Kier alpha value is -1.93. The van der Waals surface area contributed by atoms with Crippen LogP contribution in [0.15, 0.2) is 73.2 Å². The first-order valence-corrected chi connectivity index (χ1v) is 8.50. The zero-order valence-corrected chi connectivity index (χ0v) is 15.8. The predicted molar refractivity (Wildman–Crippen MR) is 97.2 cm³/mol. The Bertz CT molecular complexity index is 661. The fourth-order valence-electron chi connectivity index (χ4n) is 2.84. The zero-order valence-electron chi connectivity index (χ0n) is 14.1. The maximum Gasteiger partial charge on any atom is 1.00 e. The first-order valence-electron chi connectivity index (χ1n) is 8.50. The Morgan fingerprint density at radius 2 is 1.32 bits per heavy atom. The van der Waals surface area contributed by atoms with E-state index in [0.29, 0.717) is 5.92 Å². The van der Waals surface area contributed by atoms with E-state index in [1.807, 2.05) is 48.7 Å². The van der Waals surface area contributed by atoms with E-state index in [9.17, 15) is 0 Å². The second kappa shape index (κ2) is 10.8. The Kier molecular flexibility index (Phi) is 8.41. The third-order valence-corrected chi connectivity index (χ3v) is 4.08. The normalized spacial score (nSPS) is 16.1. The minimum absolute atomic E-state index is 0.